The van der Waals surface area contributed by atoms with E-state index in [2.05, 4.69) is 29.6 Å². The summed E-state index contributed by atoms with van der Waals surface area (Å²) in [4.78, 5) is 0. The van der Waals surface area contributed by atoms with E-state index in [9.17, 15) is 0 Å². The number of halogens is 2. The summed E-state index contributed by atoms with van der Waals surface area (Å²) in [7, 11) is 0. The molecule has 1 saturated carbocycles. The summed E-state index contributed by atoms with van der Waals surface area (Å²) in [6, 6.07) is 17.4. The molecule has 22 heavy (non-hydrogen) atoms. The molecule has 2 aromatic carbocycles. The first-order valence-electron chi connectivity index (χ1n) is 7.97. The summed E-state index contributed by atoms with van der Waals surface area (Å²) in [6.07, 6.45) is 2.43. The number of hydrogen-bond donors (Lipinski definition) is 1. The highest BCUT2D eigenvalue weighted by Crippen LogP contribution is 2.51. The average molecular weight is 332 g/mol. The van der Waals surface area contributed by atoms with E-state index in [1.807, 2.05) is 24.3 Å². The molecule has 114 valence electrons. The van der Waals surface area contributed by atoms with E-state index in [0.29, 0.717) is 23.8 Å². The molecule has 0 aromatic heterocycles. The van der Waals surface area contributed by atoms with Gasteiger partial charge in [0.2, 0.25) is 0 Å². The molecule has 2 fully saturated rings. The number of nitrogens with one attached hydrogen (secondary N) is 1. The van der Waals surface area contributed by atoms with Crippen LogP contribution in [0.4, 0.5) is 0 Å². The van der Waals surface area contributed by atoms with Gasteiger partial charge in [-0.1, -0.05) is 53.5 Å². The Labute approximate surface area is 141 Å². The van der Waals surface area contributed by atoms with E-state index in [0.717, 1.165) is 16.6 Å². The van der Waals surface area contributed by atoms with E-state index in [1.165, 1.54) is 24.0 Å². The third kappa shape index (κ3) is 2.46. The Morgan fingerprint density at radius 3 is 2.36 bits per heavy atom. The van der Waals surface area contributed by atoms with Gasteiger partial charge in [-0.2, -0.15) is 0 Å². The maximum Gasteiger partial charge on any atom is 0.0441 e. The summed E-state index contributed by atoms with van der Waals surface area (Å²) in [5.74, 6) is 1.73. The predicted molar refractivity (Wildman–Crippen MR) is 92.9 cm³/mol. The lowest BCUT2D eigenvalue weighted by molar-refractivity contribution is 0.121. The molecule has 3 heteroatoms. The Bertz CT molecular complexity index is 667. The lowest BCUT2D eigenvalue weighted by Gasteiger charge is -2.51. The van der Waals surface area contributed by atoms with Gasteiger partial charge in [-0.05, 0) is 59.9 Å². The molecule has 2 aromatic rings. The van der Waals surface area contributed by atoms with Gasteiger partial charge in [-0.3, -0.25) is 0 Å². The van der Waals surface area contributed by atoms with Crippen molar-refractivity contribution in [3.05, 3.63) is 69.7 Å². The Morgan fingerprint density at radius 1 is 0.909 bits per heavy atom. The molecule has 1 nitrogen and oxygen atoms in total. The minimum atomic E-state index is 0.498. The normalized spacial score (nSPS) is 30.5. The number of benzene rings is 2. The van der Waals surface area contributed by atoms with E-state index in [1.54, 1.807) is 0 Å². The molecule has 1 aliphatic carbocycles. The van der Waals surface area contributed by atoms with Gasteiger partial charge < -0.3 is 5.32 Å². The predicted octanol–water partition coefficient (Wildman–Crippen LogP) is 5.24. The van der Waals surface area contributed by atoms with Crippen molar-refractivity contribution in [2.45, 2.75) is 30.7 Å². The fraction of sp³-hybridized carbons (Fsp3) is 0.368. The number of hydrogen-bond acceptors (Lipinski definition) is 1. The molecule has 0 spiro atoms. The van der Waals surface area contributed by atoms with Crippen molar-refractivity contribution in [2.75, 3.05) is 6.54 Å². The molecule has 2 aliphatic rings. The monoisotopic (exact) mass is 331 g/mol. The molecule has 4 rings (SSSR count). The molecular formula is C19H19Cl2N. The number of fused-ring (bicyclic) bond motifs is 1. The van der Waals surface area contributed by atoms with Gasteiger partial charge in [-0.15, -0.1) is 0 Å². The van der Waals surface area contributed by atoms with E-state index in [4.69, 9.17) is 23.2 Å². The Kier molecular flexibility index (Phi) is 3.89. The number of rotatable bonds is 2. The fourth-order valence-electron chi connectivity index (χ4n) is 4.24. The standard InChI is InChI=1S/C19H19Cl2N/c20-13-7-5-12(6-8-13)19-15(9-10-18-16(19)11-22-18)14-3-1-2-4-17(14)21/h1-8,15-16,18-19,22H,9-11H2. The van der Waals surface area contributed by atoms with Crippen LogP contribution in [-0.4, -0.2) is 12.6 Å². The van der Waals surface area contributed by atoms with Crippen LogP contribution in [0.5, 0.6) is 0 Å². The Morgan fingerprint density at radius 2 is 1.68 bits per heavy atom. The molecule has 1 saturated heterocycles. The summed E-state index contributed by atoms with van der Waals surface area (Å²) in [5.41, 5.74) is 2.69. The summed E-state index contributed by atoms with van der Waals surface area (Å²) >= 11 is 12.6. The highest BCUT2D eigenvalue weighted by Gasteiger charge is 2.45. The maximum atomic E-state index is 6.50. The van der Waals surface area contributed by atoms with Crippen molar-refractivity contribution in [2.24, 2.45) is 5.92 Å². The highest BCUT2D eigenvalue weighted by molar-refractivity contribution is 6.31. The van der Waals surface area contributed by atoms with Crippen LogP contribution in [-0.2, 0) is 0 Å². The maximum absolute atomic E-state index is 6.50. The minimum Gasteiger partial charge on any atom is -0.313 e. The average Bonchev–Trinajstić information content (AvgIpc) is 2.50. The van der Waals surface area contributed by atoms with Gasteiger partial charge >= 0.3 is 0 Å². The van der Waals surface area contributed by atoms with Crippen LogP contribution in [0.3, 0.4) is 0 Å². The second-order valence-electron chi connectivity index (χ2n) is 6.46. The van der Waals surface area contributed by atoms with Gasteiger partial charge in [0, 0.05) is 22.6 Å². The molecule has 0 radical (unpaired) electrons. The minimum absolute atomic E-state index is 0.498. The second kappa shape index (κ2) is 5.88. The lowest BCUT2D eigenvalue weighted by atomic mass is 9.62. The molecule has 1 N–H and O–H groups in total. The molecule has 0 amide bonds. The smallest absolute Gasteiger partial charge is 0.0441 e. The van der Waals surface area contributed by atoms with Crippen molar-refractivity contribution in [1.82, 2.24) is 5.32 Å². The summed E-state index contributed by atoms with van der Waals surface area (Å²) in [6.45, 7) is 1.11. The lowest BCUT2D eigenvalue weighted by Crippen LogP contribution is -2.58. The van der Waals surface area contributed by atoms with Crippen molar-refractivity contribution in [1.29, 1.82) is 0 Å². The van der Waals surface area contributed by atoms with Crippen LogP contribution in [0, 0.1) is 5.92 Å². The SMILES string of the molecule is Clc1ccc(C2C(c3ccccc3Cl)CCC3NCC32)cc1. The van der Waals surface area contributed by atoms with Crippen molar-refractivity contribution < 1.29 is 0 Å². The van der Waals surface area contributed by atoms with Crippen LogP contribution in [0.15, 0.2) is 48.5 Å². The van der Waals surface area contributed by atoms with Crippen LogP contribution in [0.25, 0.3) is 0 Å². The molecule has 4 atom stereocenters. The summed E-state index contributed by atoms with van der Waals surface area (Å²) < 4.78 is 0. The molecular weight excluding hydrogens is 313 g/mol. The zero-order chi connectivity index (χ0) is 15.1. The fourth-order valence-corrected chi connectivity index (χ4v) is 4.64. The Balaban J connectivity index is 1.75. The van der Waals surface area contributed by atoms with Crippen molar-refractivity contribution in [3.8, 4) is 0 Å². The van der Waals surface area contributed by atoms with Crippen LogP contribution >= 0.6 is 23.2 Å². The summed E-state index contributed by atoms with van der Waals surface area (Å²) in [5, 5.41) is 5.29. The van der Waals surface area contributed by atoms with Crippen LogP contribution in [0.1, 0.15) is 35.8 Å². The van der Waals surface area contributed by atoms with Gasteiger partial charge in [0.05, 0.1) is 0 Å². The molecule has 4 unspecified atom stereocenters. The second-order valence-corrected chi connectivity index (χ2v) is 7.30. The van der Waals surface area contributed by atoms with Gasteiger partial charge in [0.1, 0.15) is 0 Å². The zero-order valence-electron chi connectivity index (χ0n) is 12.3. The Hall–Kier alpha value is -1.02. The quantitative estimate of drug-likeness (QED) is 0.793. The molecule has 1 aliphatic heterocycles. The van der Waals surface area contributed by atoms with Gasteiger partial charge in [0.15, 0.2) is 0 Å². The third-order valence-electron chi connectivity index (χ3n) is 5.38. The van der Waals surface area contributed by atoms with E-state index in [-0.39, 0.29) is 0 Å². The van der Waals surface area contributed by atoms with Gasteiger partial charge in [0.25, 0.3) is 0 Å². The van der Waals surface area contributed by atoms with E-state index >= 15 is 0 Å². The third-order valence-corrected chi connectivity index (χ3v) is 5.97. The molecule has 1 heterocycles. The van der Waals surface area contributed by atoms with Gasteiger partial charge in [-0.25, -0.2) is 0 Å². The first-order chi connectivity index (χ1) is 10.7. The highest BCUT2D eigenvalue weighted by atomic mass is 35.5. The zero-order valence-corrected chi connectivity index (χ0v) is 13.8. The van der Waals surface area contributed by atoms with E-state index < -0.39 is 0 Å². The van der Waals surface area contributed by atoms with Crippen molar-refractivity contribution >= 4 is 23.2 Å². The first-order valence-corrected chi connectivity index (χ1v) is 8.73. The van der Waals surface area contributed by atoms with Crippen LogP contribution < -0.4 is 5.32 Å². The van der Waals surface area contributed by atoms with Crippen LogP contribution in [0.2, 0.25) is 10.0 Å². The largest absolute Gasteiger partial charge is 0.313 e. The molecule has 0 bridgehead atoms. The topological polar surface area (TPSA) is 12.0 Å². The van der Waals surface area contributed by atoms with Crippen molar-refractivity contribution in [3.63, 3.8) is 0 Å². The first kappa shape index (κ1) is 14.6.